The van der Waals surface area contributed by atoms with Crippen molar-refractivity contribution in [2.75, 3.05) is 26.2 Å². The first-order valence-corrected chi connectivity index (χ1v) is 6.68. The van der Waals surface area contributed by atoms with Gasteiger partial charge in [-0.05, 0) is 52.5 Å². The van der Waals surface area contributed by atoms with Crippen LogP contribution >= 0.6 is 27.3 Å². The molecule has 2 nitrogen and oxygen atoms in total. The van der Waals surface area contributed by atoms with Gasteiger partial charge in [-0.25, -0.2) is 0 Å². The Morgan fingerprint density at radius 2 is 2.36 bits per heavy atom. The highest BCUT2D eigenvalue weighted by atomic mass is 79.9. The molecule has 1 aliphatic heterocycles. The minimum atomic E-state index is 1.10. The average molecular weight is 275 g/mol. The third-order valence-electron chi connectivity index (χ3n) is 2.46. The van der Waals surface area contributed by atoms with Crippen molar-refractivity contribution in [1.29, 1.82) is 0 Å². The summed E-state index contributed by atoms with van der Waals surface area (Å²) in [5, 5.41) is 5.66. The van der Waals surface area contributed by atoms with Crippen LogP contribution < -0.4 is 5.32 Å². The molecule has 0 radical (unpaired) electrons. The van der Waals surface area contributed by atoms with Gasteiger partial charge in [-0.2, -0.15) is 0 Å². The second-order valence-corrected chi connectivity index (χ2v) is 5.93. The molecule has 0 saturated carbocycles. The average Bonchev–Trinajstić information content (AvgIpc) is 2.43. The van der Waals surface area contributed by atoms with Crippen molar-refractivity contribution in [3.8, 4) is 0 Å². The van der Waals surface area contributed by atoms with Gasteiger partial charge in [-0.15, -0.1) is 11.3 Å². The highest BCUT2D eigenvalue weighted by Gasteiger charge is 2.09. The molecule has 0 aliphatic carbocycles. The largest absolute Gasteiger partial charge is 0.315 e. The van der Waals surface area contributed by atoms with Crippen LogP contribution in [0, 0.1) is 0 Å². The summed E-state index contributed by atoms with van der Waals surface area (Å²) in [4.78, 5) is 2.52. The van der Waals surface area contributed by atoms with Crippen molar-refractivity contribution >= 4 is 27.3 Å². The molecule has 0 unspecified atom stereocenters. The van der Waals surface area contributed by atoms with Gasteiger partial charge in [0.1, 0.15) is 0 Å². The van der Waals surface area contributed by atoms with Gasteiger partial charge in [0.15, 0.2) is 0 Å². The number of rotatable bonds is 2. The second-order valence-electron chi connectivity index (χ2n) is 3.64. The van der Waals surface area contributed by atoms with Crippen LogP contribution in [0.3, 0.4) is 0 Å². The SMILES string of the molecule is Brc1cc(CN2CCCNCC2)cs1. The molecule has 1 aromatic heterocycles. The summed E-state index contributed by atoms with van der Waals surface area (Å²) < 4.78 is 1.24. The smallest absolute Gasteiger partial charge is 0.0701 e. The van der Waals surface area contributed by atoms with Crippen molar-refractivity contribution < 1.29 is 0 Å². The molecule has 14 heavy (non-hydrogen) atoms. The normalized spacial score (nSPS) is 19.5. The first-order valence-electron chi connectivity index (χ1n) is 5.00. The van der Waals surface area contributed by atoms with Crippen molar-refractivity contribution in [2.24, 2.45) is 0 Å². The third kappa shape index (κ3) is 3.05. The number of hydrogen-bond acceptors (Lipinski definition) is 3. The summed E-state index contributed by atoms with van der Waals surface area (Å²) in [5.41, 5.74) is 1.43. The molecule has 78 valence electrons. The summed E-state index contributed by atoms with van der Waals surface area (Å²) in [6.45, 7) is 5.80. The summed E-state index contributed by atoms with van der Waals surface area (Å²) in [6, 6.07) is 2.23. The van der Waals surface area contributed by atoms with Gasteiger partial charge in [0.2, 0.25) is 0 Å². The number of nitrogens with zero attached hydrogens (tertiary/aromatic N) is 1. The van der Waals surface area contributed by atoms with Crippen LogP contribution in [-0.4, -0.2) is 31.1 Å². The van der Waals surface area contributed by atoms with Gasteiger partial charge < -0.3 is 5.32 Å². The Balaban J connectivity index is 1.89. The summed E-state index contributed by atoms with van der Waals surface area (Å²) in [7, 11) is 0. The molecule has 4 heteroatoms. The van der Waals surface area contributed by atoms with E-state index in [1.54, 1.807) is 11.3 Å². The third-order valence-corrected chi connectivity index (χ3v) is 4.01. The van der Waals surface area contributed by atoms with Gasteiger partial charge in [0.05, 0.1) is 3.79 Å². The minimum absolute atomic E-state index is 1.10. The Kier molecular flexibility index (Phi) is 3.99. The Morgan fingerprint density at radius 3 is 3.14 bits per heavy atom. The summed E-state index contributed by atoms with van der Waals surface area (Å²) in [5.74, 6) is 0. The van der Waals surface area contributed by atoms with E-state index in [1.165, 1.54) is 35.4 Å². The lowest BCUT2D eigenvalue weighted by Crippen LogP contribution is -2.27. The van der Waals surface area contributed by atoms with E-state index in [4.69, 9.17) is 0 Å². The lowest BCUT2D eigenvalue weighted by molar-refractivity contribution is 0.285. The van der Waals surface area contributed by atoms with Crippen LogP contribution in [-0.2, 0) is 6.54 Å². The summed E-state index contributed by atoms with van der Waals surface area (Å²) >= 11 is 5.27. The Hall–Kier alpha value is 0.1000. The monoisotopic (exact) mass is 274 g/mol. The predicted molar refractivity (Wildman–Crippen MR) is 64.8 cm³/mol. The number of hydrogen-bond donors (Lipinski definition) is 1. The highest BCUT2D eigenvalue weighted by molar-refractivity contribution is 9.11. The van der Waals surface area contributed by atoms with E-state index in [1.807, 2.05) is 0 Å². The predicted octanol–water partition coefficient (Wildman–Crippen LogP) is 2.31. The lowest BCUT2D eigenvalue weighted by atomic mass is 10.3. The fourth-order valence-electron chi connectivity index (χ4n) is 1.75. The van der Waals surface area contributed by atoms with Crippen LogP contribution in [0.5, 0.6) is 0 Å². The second kappa shape index (κ2) is 5.26. The van der Waals surface area contributed by atoms with Gasteiger partial charge in [0, 0.05) is 19.6 Å². The molecular formula is C10H15BrN2S. The molecule has 0 amide bonds. The molecule has 1 aromatic rings. The molecule has 0 aromatic carbocycles. The molecule has 2 rings (SSSR count). The number of thiophene rings is 1. The van der Waals surface area contributed by atoms with E-state index >= 15 is 0 Å². The van der Waals surface area contributed by atoms with Gasteiger partial charge >= 0.3 is 0 Å². The first-order chi connectivity index (χ1) is 6.84. The Labute approximate surface area is 97.4 Å². The molecular weight excluding hydrogens is 260 g/mol. The zero-order valence-electron chi connectivity index (χ0n) is 8.13. The quantitative estimate of drug-likeness (QED) is 0.891. The maximum absolute atomic E-state index is 3.50. The topological polar surface area (TPSA) is 15.3 Å². The van der Waals surface area contributed by atoms with Gasteiger partial charge in [0.25, 0.3) is 0 Å². The standard InChI is InChI=1S/C10H15BrN2S/c11-10-6-9(8-14-10)7-13-4-1-2-12-3-5-13/h6,8,12H,1-5,7H2. The van der Waals surface area contributed by atoms with E-state index in [9.17, 15) is 0 Å². The molecule has 1 fully saturated rings. The highest BCUT2D eigenvalue weighted by Crippen LogP contribution is 2.21. The van der Waals surface area contributed by atoms with E-state index in [2.05, 4.69) is 37.6 Å². The van der Waals surface area contributed by atoms with Crippen LogP contribution in [0.4, 0.5) is 0 Å². The van der Waals surface area contributed by atoms with Crippen molar-refractivity contribution in [2.45, 2.75) is 13.0 Å². The van der Waals surface area contributed by atoms with Gasteiger partial charge in [-0.3, -0.25) is 4.90 Å². The molecule has 1 N–H and O–H groups in total. The zero-order chi connectivity index (χ0) is 9.80. The van der Waals surface area contributed by atoms with Crippen LogP contribution in [0.25, 0.3) is 0 Å². The maximum Gasteiger partial charge on any atom is 0.0701 e. The number of halogens is 1. The van der Waals surface area contributed by atoms with E-state index in [-0.39, 0.29) is 0 Å². The van der Waals surface area contributed by atoms with E-state index in [0.29, 0.717) is 0 Å². The fourth-order valence-corrected chi connectivity index (χ4v) is 2.95. The lowest BCUT2D eigenvalue weighted by Gasteiger charge is -2.18. The van der Waals surface area contributed by atoms with Crippen LogP contribution in [0.2, 0.25) is 0 Å². The Morgan fingerprint density at radius 1 is 1.43 bits per heavy atom. The van der Waals surface area contributed by atoms with Crippen molar-refractivity contribution in [1.82, 2.24) is 10.2 Å². The zero-order valence-corrected chi connectivity index (χ0v) is 10.5. The van der Waals surface area contributed by atoms with Gasteiger partial charge in [-0.1, -0.05) is 0 Å². The Bertz CT molecular complexity index is 279. The minimum Gasteiger partial charge on any atom is -0.315 e. The molecule has 0 atom stereocenters. The van der Waals surface area contributed by atoms with Crippen molar-refractivity contribution in [3.63, 3.8) is 0 Å². The maximum atomic E-state index is 3.50. The first kappa shape index (κ1) is 10.6. The van der Waals surface area contributed by atoms with Crippen molar-refractivity contribution in [3.05, 3.63) is 20.8 Å². The van der Waals surface area contributed by atoms with E-state index < -0.39 is 0 Å². The molecule has 1 saturated heterocycles. The number of nitrogens with one attached hydrogen (secondary N) is 1. The van der Waals surface area contributed by atoms with Crippen LogP contribution in [0.15, 0.2) is 15.2 Å². The molecule has 0 bridgehead atoms. The summed E-state index contributed by atoms with van der Waals surface area (Å²) in [6.07, 6.45) is 1.27. The molecule has 0 spiro atoms. The van der Waals surface area contributed by atoms with Crippen LogP contribution in [0.1, 0.15) is 12.0 Å². The molecule has 2 heterocycles. The van der Waals surface area contributed by atoms with E-state index in [0.717, 1.165) is 13.1 Å². The fraction of sp³-hybridized carbons (Fsp3) is 0.600. The molecule has 1 aliphatic rings.